The van der Waals surface area contributed by atoms with Crippen molar-refractivity contribution in [2.45, 2.75) is 24.5 Å². The van der Waals surface area contributed by atoms with Gasteiger partial charge in [-0.1, -0.05) is 6.92 Å². The third-order valence-electron chi connectivity index (χ3n) is 2.36. The van der Waals surface area contributed by atoms with Gasteiger partial charge in [0.25, 0.3) is 0 Å². The summed E-state index contributed by atoms with van der Waals surface area (Å²) >= 11 is 1.30. The average molecular weight is 302 g/mol. The number of rotatable bonds is 6. The van der Waals surface area contributed by atoms with Gasteiger partial charge in [0.1, 0.15) is 11.3 Å². The number of halogens is 2. The van der Waals surface area contributed by atoms with Gasteiger partial charge in [-0.15, -0.1) is 16.9 Å². The van der Waals surface area contributed by atoms with Crippen LogP contribution in [0.3, 0.4) is 0 Å². The number of aromatic nitrogens is 2. The van der Waals surface area contributed by atoms with Gasteiger partial charge in [-0.25, -0.2) is 18.7 Å². The predicted octanol–water partition coefficient (Wildman–Crippen LogP) is 2.69. The second-order valence-corrected chi connectivity index (χ2v) is 5.00. The molecule has 0 fully saturated rings. The lowest BCUT2D eigenvalue weighted by molar-refractivity contribution is 0.269. The Labute approximate surface area is 117 Å². The molecule has 1 N–H and O–H groups in total. The summed E-state index contributed by atoms with van der Waals surface area (Å²) in [6.45, 7) is 1.86. The largest absolute Gasteiger partial charge is 0.477 e. The maximum atomic E-state index is 13.5. The third-order valence-corrected chi connectivity index (χ3v) is 3.58. The van der Waals surface area contributed by atoms with Crippen LogP contribution in [0.15, 0.2) is 27.4 Å². The lowest BCUT2D eigenvalue weighted by Gasteiger charge is -2.16. The van der Waals surface area contributed by atoms with Crippen LogP contribution in [0.25, 0.3) is 0 Å². The SMILES string of the molecule is CCC(Oc1ccc(F)cc1F)SCc1n[nH]c(=O)o1. The number of H-pyrrole nitrogens is 1. The predicted molar refractivity (Wildman–Crippen MR) is 69.5 cm³/mol. The molecule has 0 spiro atoms. The van der Waals surface area contributed by atoms with E-state index in [1.54, 1.807) is 0 Å². The van der Waals surface area contributed by atoms with E-state index in [1.165, 1.54) is 17.8 Å². The minimum atomic E-state index is -0.754. The molecule has 0 amide bonds. The van der Waals surface area contributed by atoms with E-state index in [2.05, 4.69) is 10.2 Å². The molecule has 1 atom stereocenters. The summed E-state index contributed by atoms with van der Waals surface area (Å²) in [5.41, 5.74) is -0.364. The van der Waals surface area contributed by atoms with Crippen LogP contribution in [0.5, 0.6) is 5.75 Å². The zero-order valence-electron chi connectivity index (χ0n) is 10.6. The van der Waals surface area contributed by atoms with Crippen molar-refractivity contribution in [2.75, 3.05) is 0 Å². The first-order valence-electron chi connectivity index (χ1n) is 5.86. The molecule has 2 rings (SSSR count). The number of hydrogen-bond donors (Lipinski definition) is 1. The van der Waals surface area contributed by atoms with Crippen LogP contribution >= 0.6 is 11.8 Å². The van der Waals surface area contributed by atoms with E-state index in [0.717, 1.165) is 12.1 Å². The summed E-state index contributed by atoms with van der Waals surface area (Å²) in [5.74, 6) is -1.51. The molecule has 0 aliphatic carbocycles. The Kier molecular flexibility index (Phi) is 4.78. The molecule has 0 aliphatic rings. The van der Waals surface area contributed by atoms with E-state index < -0.39 is 17.4 Å². The number of thioether (sulfide) groups is 1. The van der Waals surface area contributed by atoms with E-state index in [0.29, 0.717) is 12.2 Å². The number of nitrogens with zero attached hydrogens (tertiary/aromatic N) is 1. The van der Waals surface area contributed by atoms with Gasteiger partial charge in [0, 0.05) is 6.07 Å². The molecule has 20 heavy (non-hydrogen) atoms. The van der Waals surface area contributed by atoms with Gasteiger partial charge in [-0.2, -0.15) is 0 Å². The van der Waals surface area contributed by atoms with Crippen LogP contribution in [-0.4, -0.2) is 15.6 Å². The number of hydrogen-bond acceptors (Lipinski definition) is 5. The fraction of sp³-hybridized carbons (Fsp3) is 0.333. The van der Waals surface area contributed by atoms with Gasteiger partial charge < -0.3 is 9.15 Å². The Morgan fingerprint density at radius 1 is 1.50 bits per heavy atom. The van der Waals surface area contributed by atoms with Crippen molar-refractivity contribution in [3.05, 3.63) is 46.3 Å². The van der Waals surface area contributed by atoms with Crippen LogP contribution in [0, 0.1) is 11.6 Å². The highest BCUT2D eigenvalue weighted by atomic mass is 32.2. The van der Waals surface area contributed by atoms with Crippen LogP contribution in [0.1, 0.15) is 19.2 Å². The van der Waals surface area contributed by atoms with Crippen LogP contribution in [0.2, 0.25) is 0 Å². The topological polar surface area (TPSA) is 68.1 Å². The minimum Gasteiger partial charge on any atom is -0.477 e. The van der Waals surface area contributed by atoms with Crippen molar-refractivity contribution in [3.8, 4) is 5.75 Å². The number of ether oxygens (including phenoxy) is 1. The van der Waals surface area contributed by atoms with Crippen molar-refractivity contribution in [1.82, 2.24) is 10.2 Å². The molecule has 0 bridgehead atoms. The minimum absolute atomic E-state index is 0.0192. The van der Waals surface area contributed by atoms with E-state index in [-0.39, 0.29) is 17.1 Å². The van der Waals surface area contributed by atoms with Gasteiger partial charge >= 0.3 is 5.76 Å². The summed E-state index contributed by atoms with van der Waals surface area (Å²) in [5, 5.41) is 5.80. The van der Waals surface area contributed by atoms with Crippen molar-refractivity contribution in [1.29, 1.82) is 0 Å². The molecular weight excluding hydrogens is 290 g/mol. The molecule has 0 radical (unpaired) electrons. The van der Waals surface area contributed by atoms with Crippen molar-refractivity contribution >= 4 is 11.8 Å². The monoisotopic (exact) mass is 302 g/mol. The Morgan fingerprint density at radius 3 is 2.90 bits per heavy atom. The Bertz CT molecular complexity index is 629. The summed E-state index contributed by atoms with van der Waals surface area (Å²) in [7, 11) is 0. The Hall–Kier alpha value is -1.83. The van der Waals surface area contributed by atoms with Gasteiger partial charge in [0.2, 0.25) is 5.89 Å². The van der Waals surface area contributed by atoms with Crippen LogP contribution in [-0.2, 0) is 5.75 Å². The molecule has 1 aromatic heterocycles. The molecule has 8 heteroatoms. The zero-order valence-corrected chi connectivity index (χ0v) is 11.4. The lowest BCUT2D eigenvalue weighted by atomic mass is 10.3. The highest BCUT2D eigenvalue weighted by molar-refractivity contribution is 7.99. The van der Waals surface area contributed by atoms with Gasteiger partial charge in [-0.05, 0) is 18.6 Å². The maximum Gasteiger partial charge on any atom is 0.434 e. The fourth-order valence-electron chi connectivity index (χ4n) is 1.43. The molecule has 0 saturated heterocycles. The van der Waals surface area contributed by atoms with Crippen molar-refractivity contribution in [3.63, 3.8) is 0 Å². The molecule has 1 heterocycles. The number of aromatic amines is 1. The number of benzene rings is 1. The molecule has 1 unspecified atom stereocenters. The highest BCUT2D eigenvalue weighted by Gasteiger charge is 2.14. The Morgan fingerprint density at radius 2 is 2.30 bits per heavy atom. The van der Waals surface area contributed by atoms with E-state index in [1.807, 2.05) is 6.92 Å². The van der Waals surface area contributed by atoms with E-state index in [9.17, 15) is 13.6 Å². The van der Waals surface area contributed by atoms with Gasteiger partial charge in [0.05, 0.1) is 5.75 Å². The molecular formula is C12H12F2N2O3S. The third kappa shape index (κ3) is 3.83. The molecule has 108 valence electrons. The summed E-state index contributed by atoms with van der Waals surface area (Å²) < 4.78 is 36.4. The first kappa shape index (κ1) is 14.6. The molecule has 0 saturated carbocycles. The molecule has 1 aromatic carbocycles. The second kappa shape index (κ2) is 6.56. The van der Waals surface area contributed by atoms with Crippen molar-refractivity contribution < 1.29 is 17.9 Å². The lowest BCUT2D eigenvalue weighted by Crippen LogP contribution is -2.12. The quantitative estimate of drug-likeness (QED) is 0.831. The molecule has 2 aromatic rings. The van der Waals surface area contributed by atoms with Gasteiger partial charge in [-0.3, -0.25) is 0 Å². The highest BCUT2D eigenvalue weighted by Crippen LogP contribution is 2.25. The smallest absolute Gasteiger partial charge is 0.434 e. The van der Waals surface area contributed by atoms with E-state index in [4.69, 9.17) is 9.15 Å². The molecule has 5 nitrogen and oxygen atoms in total. The zero-order chi connectivity index (χ0) is 14.5. The Balaban J connectivity index is 1.96. The standard InChI is InChI=1S/C12H12F2N2O3S/c1-2-11(20-6-10-15-16-12(17)19-10)18-9-4-3-7(13)5-8(9)14/h3-5,11H,2,6H2,1H3,(H,16,17). The maximum absolute atomic E-state index is 13.5. The van der Waals surface area contributed by atoms with Gasteiger partial charge in [0.15, 0.2) is 11.6 Å². The van der Waals surface area contributed by atoms with E-state index >= 15 is 0 Å². The summed E-state index contributed by atoms with van der Waals surface area (Å²) in [6.07, 6.45) is 0.593. The average Bonchev–Trinajstić information content (AvgIpc) is 2.82. The van der Waals surface area contributed by atoms with Crippen LogP contribution < -0.4 is 10.5 Å². The second-order valence-electron chi connectivity index (χ2n) is 3.85. The normalized spacial score (nSPS) is 12.3. The summed E-state index contributed by atoms with van der Waals surface area (Å²) in [6, 6.07) is 3.13. The first-order valence-corrected chi connectivity index (χ1v) is 6.91. The van der Waals surface area contributed by atoms with Crippen molar-refractivity contribution in [2.24, 2.45) is 0 Å². The fourth-order valence-corrected chi connectivity index (χ4v) is 2.29. The van der Waals surface area contributed by atoms with Crippen LogP contribution in [0.4, 0.5) is 8.78 Å². The summed E-state index contributed by atoms with van der Waals surface area (Å²) in [4.78, 5) is 10.8. The number of nitrogens with one attached hydrogen (secondary N) is 1. The molecule has 0 aliphatic heterocycles. The first-order chi connectivity index (χ1) is 9.58.